The number of ether oxygens (including phenoxy) is 2. The van der Waals surface area contributed by atoms with Crippen molar-refractivity contribution in [2.24, 2.45) is 12.0 Å². The zero-order valence-electron chi connectivity index (χ0n) is 19.3. The van der Waals surface area contributed by atoms with Gasteiger partial charge in [-0.15, -0.1) is 10.2 Å². The highest BCUT2D eigenvalue weighted by Gasteiger charge is 2.23. The first-order valence-electron chi connectivity index (χ1n) is 10.9. The molecule has 1 aliphatic heterocycles. The highest BCUT2D eigenvalue weighted by atomic mass is 16.5. The number of aromatic nitrogens is 3. The van der Waals surface area contributed by atoms with Crippen LogP contribution in [0.15, 0.2) is 23.2 Å². The van der Waals surface area contributed by atoms with E-state index in [1.54, 1.807) is 14.2 Å². The Kier molecular flexibility index (Phi) is 8.11. The summed E-state index contributed by atoms with van der Waals surface area (Å²) in [6.07, 6.45) is 2.46. The second-order valence-corrected chi connectivity index (χ2v) is 7.72. The summed E-state index contributed by atoms with van der Waals surface area (Å²) in [4.78, 5) is 7.34. The minimum atomic E-state index is 0.489. The summed E-state index contributed by atoms with van der Waals surface area (Å²) < 4.78 is 12.8. The van der Waals surface area contributed by atoms with Gasteiger partial charge in [0.25, 0.3) is 0 Å². The van der Waals surface area contributed by atoms with Crippen molar-refractivity contribution in [2.75, 3.05) is 33.9 Å². The van der Waals surface area contributed by atoms with Crippen molar-refractivity contribution in [3.63, 3.8) is 0 Å². The maximum Gasteiger partial charge on any atom is 0.192 e. The summed E-state index contributed by atoms with van der Waals surface area (Å²) in [6, 6.07) is 6.32. The first-order valence-corrected chi connectivity index (χ1v) is 10.9. The predicted octanol–water partition coefficient (Wildman–Crippen LogP) is 1.86. The largest absolute Gasteiger partial charge is 0.497 e. The van der Waals surface area contributed by atoms with E-state index in [0.717, 1.165) is 47.8 Å². The monoisotopic (exact) mass is 429 g/mol. The van der Waals surface area contributed by atoms with Crippen LogP contribution in [0.2, 0.25) is 0 Å². The van der Waals surface area contributed by atoms with Crippen LogP contribution in [0.3, 0.4) is 0 Å². The second kappa shape index (κ2) is 11.0. The number of hydrogen-bond acceptors (Lipinski definition) is 6. The van der Waals surface area contributed by atoms with Gasteiger partial charge in [-0.1, -0.05) is 6.92 Å². The molecule has 0 aliphatic carbocycles. The van der Waals surface area contributed by atoms with E-state index in [1.165, 1.54) is 19.4 Å². The molecule has 1 saturated heterocycles. The molecule has 1 atom stereocenters. The zero-order chi connectivity index (χ0) is 22.2. The molecule has 9 nitrogen and oxygen atoms in total. The van der Waals surface area contributed by atoms with Crippen LogP contribution < -0.4 is 20.1 Å². The molecule has 1 aromatic heterocycles. The first-order chi connectivity index (χ1) is 15.0. The molecular formula is C22H35N7O2. The first kappa shape index (κ1) is 22.9. The Morgan fingerprint density at radius 1 is 1.23 bits per heavy atom. The Hall–Kier alpha value is -2.81. The van der Waals surface area contributed by atoms with E-state index in [1.807, 2.05) is 36.7 Å². The normalized spacial score (nSPS) is 17.1. The van der Waals surface area contributed by atoms with Gasteiger partial charge in [-0.05, 0) is 45.0 Å². The van der Waals surface area contributed by atoms with Crippen LogP contribution in [0.5, 0.6) is 11.5 Å². The summed E-state index contributed by atoms with van der Waals surface area (Å²) >= 11 is 0. The van der Waals surface area contributed by atoms with E-state index in [-0.39, 0.29) is 0 Å². The van der Waals surface area contributed by atoms with Gasteiger partial charge >= 0.3 is 0 Å². The van der Waals surface area contributed by atoms with E-state index in [4.69, 9.17) is 14.5 Å². The summed E-state index contributed by atoms with van der Waals surface area (Å²) in [7, 11) is 5.28. The van der Waals surface area contributed by atoms with E-state index in [0.29, 0.717) is 19.1 Å². The van der Waals surface area contributed by atoms with Gasteiger partial charge in [0.2, 0.25) is 0 Å². The van der Waals surface area contributed by atoms with Crippen molar-refractivity contribution in [3.05, 3.63) is 35.4 Å². The maximum absolute atomic E-state index is 5.52. The third-order valence-electron chi connectivity index (χ3n) is 5.91. The number of likely N-dealkylation sites (N-methyl/N-ethyl adjacent to an activating group) is 1. The van der Waals surface area contributed by atoms with Crippen molar-refractivity contribution in [1.29, 1.82) is 0 Å². The molecule has 0 spiro atoms. The van der Waals surface area contributed by atoms with Crippen LogP contribution in [0.4, 0.5) is 0 Å². The van der Waals surface area contributed by atoms with Crippen molar-refractivity contribution in [1.82, 2.24) is 30.3 Å². The number of aliphatic imine (C=N–C) groups is 1. The molecule has 3 rings (SSSR count). The van der Waals surface area contributed by atoms with Crippen LogP contribution in [0.1, 0.15) is 37.0 Å². The highest BCUT2D eigenvalue weighted by Crippen LogP contribution is 2.25. The minimum Gasteiger partial charge on any atom is -0.497 e. The molecule has 0 saturated carbocycles. The minimum absolute atomic E-state index is 0.489. The SMILES string of the molecule is CCN1CCCC1CNC(=NCc1ccc(OC)cc1OC)NCc1nnc(C)n1C. The molecular weight excluding hydrogens is 394 g/mol. The van der Waals surface area contributed by atoms with Gasteiger partial charge in [0, 0.05) is 31.3 Å². The Morgan fingerprint density at radius 3 is 2.74 bits per heavy atom. The third kappa shape index (κ3) is 5.88. The van der Waals surface area contributed by atoms with E-state index >= 15 is 0 Å². The lowest BCUT2D eigenvalue weighted by Gasteiger charge is -2.24. The van der Waals surface area contributed by atoms with Gasteiger partial charge < -0.3 is 24.7 Å². The molecule has 2 aromatic rings. The Bertz CT molecular complexity index is 881. The summed E-state index contributed by atoms with van der Waals surface area (Å²) in [6.45, 7) is 8.30. The number of likely N-dealkylation sites (tertiary alicyclic amines) is 1. The summed E-state index contributed by atoms with van der Waals surface area (Å²) in [5.74, 6) is 4.03. The van der Waals surface area contributed by atoms with E-state index in [9.17, 15) is 0 Å². The number of nitrogens with zero attached hydrogens (tertiary/aromatic N) is 5. The third-order valence-corrected chi connectivity index (χ3v) is 5.91. The Labute approximate surface area is 184 Å². The molecule has 0 amide bonds. The number of aryl methyl sites for hydroxylation is 1. The average molecular weight is 430 g/mol. The van der Waals surface area contributed by atoms with Crippen molar-refractivity contribution >= 4 is 5.96 Å². The standard InChI is InChI=1S/C22H35N7O2/c1-6-29-11-7-8-18(29)14-24-22(25-15-21-27-26-16(2)28(21)3)23-13-17-9-10-19(30-4)12-20(17)31-5/h9-10,12,18H,6-8,11,13-15H2,1-5H3,(H2,23,24,25). The van der Waals surface area contributed by atoms with Crippen molar-refractivity contribution in [2.45, 2.75) is 45.8 Å². The maximum atomic E-state index is 5.52. The molecule has 1 unspecified atom stereocenters. The van der Waals surface area contributed by atoms with Crippen LogP contribution in [0.25, 0.3) is 0 Å². The lowest BCUT2D eigenvalue weighted by molar-refractivity contribution is 0.267. The molecule has 1 aliphatic rings. The average Bonchev–Trinajstić information content (AvgIpc) is 3.39. The molecule has 0 bridgehead atoms. The number of guanidine groups is 1. The molecule has 170 valence electrons. The van der Waals surface area contributed by atoms with Crippen LogP contribution >= 0.6 is 0 Å². The molecule has 2 heterocycles. The zero-order valence-corrected chi connectivity index (χ0v) is 19.3. The van der Waals surface area contributed by atoms with E-state index in [2.05, 4.69) is 32.7 Å². The fourth-order valence-electron chi connectivity index (χ4n) is 3.85. The van der Waals surface area contributed by atoms with Gasteiger partial charge in [-0.3, -0.25) is 4.90 Å². The number of benzene rings is 1. The number of methoxy groups -OCH3 is 2. The van der Waals surface area contributed by atoms with Gasteiger partial charge in [-0.25, -0.2) is 4.99 Å². The smallest absolute Gasteiger partial charge is 0.192 e. The van der Waals surface area contributed by atoms with Gasteiger partial charge in [-0.2, -0.15) is 0 Å². The molecule has 9 heteroatoms. The molecule has 31 heavy (non-hydrogen) atoms. The second-order valence-electron chi connectivity index (χ2n) is 7.72. The fraction of sp³-hybridized carbons (Fsp3) is 0.591. The Morgan fingerprint density at radius 2 is 2.06 bits per heavy atom. The van der Waals surface area contributed by atoms with Crippen LogP contribution in [0, 0.1) is 6.92 Å². The lowest BCUT2D eigenvalue weighted by Crippen LogP contribution is -2.44. The molecule has 2 N–H and O–H groups in total. The van der Waals surface area contributed by atoms with Crippen molar-refractivity contribution in [3.8, 4) is 11.5 Å². The molecule has 1 aromatic carbocycles. The highest BCUT2D eigenvalue weighted by molar-refractivity contribution is 5.79. The lowest BCUT2D eigenvalue weighted by atomic mass is 10.2. The Balaban J connectivity index is 1.71. The molecule has 1 fully saturated rings. The fourth-order valence-corrected chi connectivity index (χ4v) is 3.85. The van der Waals surface area contributed by atoms with Gasteiger partial charge in [0.15, 0.2) is 11.8 Å². The van der Waals surface area contributed by atoms with Crippen LogP contribution in [-0.4, -0.2) is 65.5 Å². The number of nitrogens with one attached hydrogen (secondary N) is 2. The topological polar surface area (TPSA) is 88.8 Å². The quantitative estimate of drug-likeness (QED) is 0.465. The summed E-state index contributed by atoms with van der Waals surface area (Å²) in [5, 5.41) is 15.3. The van der Waals surface area contributed by atoms with Crippen molar-refractivity contribution < 1.29 is 9.47 Å². The summed E-state index contributed by atoms with van der Waals surface area (Å²) in [5.41, 5.74) is 0.995. The predicted molar refractivity (Wildman–Crippen MR) is 122 cm³/mol. The van der Waals surface area contributed by atoms with E-state index < -0.39 is 0 Å². The number of hydrogen-bond donors (Lipinski definition) is 2. The van der Waals surface area contributed by atoms with Gasteiger partial charge in [0.05, 0.1) is 27.3 Å². The number of rotatable bonds is 9. The van der Waals surface area contributed by atoms with Crippen LogP contribution in [-0.2, 0) is 20.1 Å². The van der Waals surface area contributed by atoms with Gasteiger partial charge in [0.1, 0.15) is 17.3 Å². The molecule has 0 radical (unpaired) electrons.